The highest BCUT2D eigenvalue weighted by atomic mass is 79.9. The quantitative estimate of drug-likeness (QED) is 0.705. The molecule has 1 fully saturated rings. The summed E-state index contributed by atoms with van der Waals surface area (Å²) in [6.07, 6.45) is 0. The summed E-state index contributed by atoms with van der Waals surface area (Å²) in [7, 11) is 0. The first-order valence-electron chi connectivity index (χ1n) is 8.41. The lowest BCUT2D eigenvalue weighted by atomic mass is 10.1. The third-order valence-corrected chi connectivity index (χ3v) is 4.98. The molecular formula is C18H12BrF2N5O3. The number of halogens is 3. The molecule has 2 aliphatic heterocycles. The van der Waals surface area contributed by atoms with Crippen LogP contribution in [0.5, 0.6) is 0 Å². The number of hydrogen-bond donors (Lipinski definition) is 1. The average Bonchev–Trinajstić information content (AvgIpc) is 3.19. The summed E-state index contributed by atoms with van der Waals surface area (Å²) >= 11 is 3.28. The van der Waals surface area contributed by atoms with Crippen LogP contribution < -0.4 is 10.2 Å². The van der Waals surface area contributed by atoms with E-state index in [9.17, 15) is 23.2 Å². The summed E-state index contributed by atoms with van der Waals surface area (Å²) < 4.78 is 27.5. The van der Waals surface area contributed by atoms with Crippen LogP contribution in [0.2, 0.25) is 0 Å². The molecule has 2 atom stereocenters. The van der Waals surface area contributed by atoms with Crippen LogP contribution in [0.1, 0.15) is 0 Å². The van der Waals surface area contributed by atoms with Gasteiger partial charge in [0, 0.05) is 10.5 Å². The number of amides is 3. The van der Waals surface area contributed by atoms with Crippen molar-refractivity contribution in [2.24, 2.45) is 10.3 Å². The molecule has 1 saturated heterocycles. The van der Waals surface area contributed by atoms with E-state index in [1.54, 1.807) is 24.3 Å². The van der Waals surface area contributed by atoms with Gasteiger partial charge in [-0.25, -0.2) is 13.7 Å². The molecule has 3 amide bonds. The number of nitrogens with zero attached hydrogens (tertiary/aromatic N) is 4. The van der Waals surface area contributed by atoms with Gasteiger partial charge in [-0.1, -0.05) is 21.2 Å². The number of fused-ring (bicyclic) bond motifs is 1. The van der Waals surface area contributed by atoms with Crippen molar-refractivity contribution in [3.8, 4) is 0 Å². The molecule has 11 heteroatoms. The van der Waals surface area contributed by atoms with E-state index in [1.807, 2.05) is 0 Å². The van der Waals surface area contributed by atoms with Gasteiger partial charge in [0.05, 0.1) is 11.4 Å². The fraction of sp³-hybridized carbons (Fsp3) is 0.167. The minimum Gasteiger partial charge on any atom is -0.322 e. The Kier molecular flexibility index (Phi) is 4.82. The van der Waals surface area contributed by atoms with Crippen LogP contribution >= 0.6 is 15.9 Å². The van der Waals surface area contributed by atoms with Gasteiger partial charge < -0.3 is 5.32 Å². The molecule has 0 saturated carbocycles. The summed E-state index contributed by atoms with van der Waals surface area (Å²) in [5, 5.41) is 10.9. The van der Waals surface area contributed by atoms with Gasteiger partial charge in [0.15, 0.2) is 12.1 Å². The molecule has 1 N–H and O–H groups in total. The number of carbonyl (C=O) groups excluding carboxylic acids is 3. The summed E-state index contributed by atoms with van der Waals surface area (Å²) in [6, 6.07) is 7.18. The fourth-order valence-electron chi connectivity index (χ4n) is 3.13. The molecule has 2 aromatic rings. The van der Waals surface area contributed by atoms with Crippen LogP contribution in [0.3, 0.4) is 0 Å². The Balaban J connectivity index is 1.49. The normalized spacial score (nSPS) is 20.4. The first-order valence-corrected chi connectivity index (χ1v) is 9.20. The number of carbonyl (C=O) groups is 3. The van der Waals surface area contributed by atoms with Gasteiger partial charge >= 0.3 is 0 Å². The van der Waals surface area contributed by atoms with Crippen molar-refractivity contribution in [2.75, 3.05) is 16.8 Å². The molecule has 2 heterocycles. The molecule has 2 aromatic carbocycles. The van der Waals surface area contributed by atoms with Crippen molar-refractivity contribution in [3.05, 3.63) is 58.6 Å². The largest absolute Gasteiger partial charge is 0.322 e. The lowest BCUT2D eigenvalue weighted by molar-refractivity contribution is -0.123. The first kappa shape index (κ1) is 19.1. The molecule has 0 aromatic heterocycles. The zero-order chi connectivity index (χ0) is 20.7. The number of hydrogen-bond acceptors (Lipinski definition) is 6. The zero-order valence-electron chi connectivity index (χ0n) is 14.6. The average molecular weight is 464 g/mol. The predicted octanol–water partition coefficient (Wildman–Crippen LogP) is 2.66. The number of imide groups is 1. The van der Waals surface area contributed by atoms with Crippen molar-refractivity contribution in [3.63, 3.8) is 0 Å². The maximum Gasteiger partial charge on any atom is 0.263 e. The van der Waals surface area contributed by atoms with E-state index in [0.717, 1.165) is 26.5 Å². The maximum absolute atomic E-state index is 13.7. The Labute approximate surface area is 171 Å². The number of nitrogens with one attached hydrogen (secondary N) is 1. The highest BCUT2D eigenvalue weighted by Crippen LogP contribution is 2.32. The van der Waals surface area contributed by atoms with Gasteiger partial charge in [-0.05, 0) is 36.4 Å². The lowest BCUT2D eigenvalue weighted by Crippen LogP contribution is -2.43. The third kappa shape index (κ3) is 3.48. The molecule has 0 bridgehead atoms. The highest BCUT2D eigenvalue weighted by molar-refractivity contribution is 9.10. The van der Waals surface area contributed by atoms with Gasteiger partial charge in [-0.2, -0.15) is 5.11 Å². The van der Waals surface area contributed by atoms with Gasteiger partial charge in [0.25, 0.3) is 11.8 Å². The molecule has 0 unspecified atom stereocenters. The Morgan fingerprint density at radius 3 is 2.52 bits per heavy atom. The van der Waals surface area contributed by atoms with E-state index in [0.29, 0.717) is 11.8 Å². The first-order chi connectivity index (χ1) is 13.8. The minimum absolute atomic E-state index is 0.214. The van der Waals surface area contributed by atoms with Crippen LogP contribution in [-0.2, 0) is 14.4 Å². The van der Waals surface area contributed by atoms with Gasteiger partial charge in [0.2, 0.25) is 5.91 Å². The van der Waals surface area contributed by atoms with E-state index >= 15 is 0 Å². The van der Waals surface area contributed by atoms with Gasteiger partial charge in [-0.15, -0.1) is 0 Å². The molecule has 0 radical (unpaired) electrons. The minimum atomic E-state index is -1.06. The van der Waals surface area contributed by atoms with Crippen LogP contribution in [0.15, 0.2) is 57.3 Å². The smallest absolute Gasteiger partial charge is 0.263 e. The fourth-order valence-corrected chi connectivity index (χ4v) is 3.39. The van der Waals surface area contributed by atoms with Crippen molar-refractivity contribution in [1.82, 2.24) is 5.01 Å². The maximum atomic E-state index is 13.7. The van der Waals surface area contributed by atoms with E-state index in [4.69, 9.17) is 0 Å². The topological polar surface area (TPSA) is 94.4 Å². The Hall–Kier alpha value is -3.21. The van der Waals surface area contributed by atoms with Crippen LogP contribution in [0, 0.1) is 11.6 Å². The molecular weight excluding hydrogens is 452 g/mol. The molecule has 0 aliphatic carbocycles. The van der Waals surface area contributed by atoms with Crippen LogP contribution in [0.25, 0.3) is 0 Å². The third-order valence-electron chi connectivity index (χ3n) is 4.45. The molecule has 2 aliphatic rings. The highest BCUT2D eigenvalue weighted by Gasteiger charge is 2.55. The monoisotopic (exact) mass is 463 g/mol. The second kappa shape index (κ2) is 7.32. The SMILES string of the molecule is O=C(CN1N=N[C@@H]2C(=O)N(c3ccc(Br)cc3)C(=O)[C@H]21)Nc1ccc(F)cc1F. The Morgan fingerprint density at radius 1 is 1.10 bits per heavy atom. The van der Waals surface area contributed by atoms with Crippen molar-refractivity contribution in [1.29, 1.82) is 0 Å². The summed E-state index contributed by atoms with van der Waals surface area (Å²) in [5.74, 6) is -3.52. The summed E-state index contributed by atoms with van der Waals surface area (Å²) in [6.45, 7) is -0.436. The van der Waals surface area contributed by atoms with Crippen molar-refractivity contribution >= 4 is 45.0 Å². The van der Waals surface area contributed by atoms with E-state index in [-0.39, 0.29) is 5.69 Å². The number of anilines is 2. The standard InChI is InChI=1S/C18H12BrF2N5O3/c19-9-1-4-11(5-2-9)26-17(28)15-16(18(26)29)25(24-23-15)8-14(27)22-13-6-3-10(20)7-12(13)21/h1-7,15-16H,8H2,(H,22,27)/t15-,16-/m0/s1. The van der Waals surface area contributed by atoms with Crippen LogP contribution in [0.4, 0.5) is 20.2 Å². The zero-order valence-corrected chi connectivity index (χ0v) is 16.1. The lowest BCUT2D eigenvalue weighted by Gasteiger charge is -2.20. The number of rotatable bonds is 4. The molecule has 0 spiro atoms. The Bertz CT molecular complexity index is 1050. The summed E-state index contributed by atoms with van der Waals surface area (Å²) in [5.41, 5.74) is 0.167. The van der Waals surface area contributed by atoms with Gasteiger partial charge in [0.1, 0.15) is 18.2 Å². The van der Waals surface area contributed by atoms with E-state index in [1.165, 1.54) is 0 Å². The van der Waals surface area contributed by atoms with E-state index < -0.39 is 48.0 Å². The molecule has 29 heavy (non-hydrogen) atoms. The van der Waals surface area contributed by atoms with E-state index in [2.05, 4.69) is 31.6 Å². The predicted molar refractivity (Wildman–Crippen MR) is 101 cm³/mol. The second-order valence-electron chi connectivity index (χ2n) is 6.35. The molecule has 4 rings (SSSR count). The van der Waals surface area contributed by atoms with Crippen molar-refractivity contribution in [2.45, 2.75) is 12.1 Å². The molecule has 8 nitrogen and oxygen atoms in total. The summed E-state index contributed by atoms with van der Waals surface area (Å²) in [4.78, 5) is 38.7. The van der Waals surface area contributed by atoms with Crippen molar-refractivity contribution < 1.29 is 23.2 Å². The second-order valence-corrected chi connectivity index (χ2v) is 7.27. The number of benzene rings is 2. The van der Waals surface area contributed by atoms with Gasteiger partial charge in [-0.3, -0.25) is 19.4 Å². The Morgan fingerprint density at radius 2 is 1.83 bits per heavy atom. The molecule has 148 valence electrons. The van der Waals surface area contributed by atoms with Crippen LogP contribution in [-0.4, -0.2) is 41.4 Å².